The fourth-order valence-corrected chi connectivity index (χ4v) is 3.85. The number of aromatic hydroxyl groups is 1. The fourth-order valence-electron chi connectivity index (χ4n) is 3.85. The summed E-state index contributed by atoms with van der Waals surface area (Å²) in [6.45, 7) is 6.80. The molecule has 2 aliphatic heterocycles. The number of nitrogens with one attached hydrogen (secondary N) is 1. The molecule has 0 aliphatic carbocycles. The Morgan fingerprint density at radius 3 is 2.62 bits per heavy atom. The molecule has 5 nitrogen and oxygen atoms in total. The van der Waals surface area contributed by atoms with Gasteiger partial charge in [-0.3, -0.25) is 4.90 Å². The second kappa shape index (κ2) is 7.88. The van der Waals surface area contributed by atoms with Gasteiger partial charge in [0.2, 0.25) is 0 Å². The Hall–Kier alpha value is -1.75. The molecular formula is C19H29N3O2. The molecule has 132 valence electrons. The van der Waals surface area contributed by atoms with Gasteiger partial charge in [-0.15, -0.1) is 0 Å². The van der Waals surface area contributed by atoms with Crippen LogP contribution in [0.2, 0.25) is 0 Å². The van der Waals surface area contributed by atoms with Gasteiger partial charge in [0.05, 0.1) is 0 Å². The molecule has 1 aromatic rings. The zero-order valence-corrected chi connectivity index (χ0v) is 14.6. The van der Waals surface area contributed by atoms with Crippen LogP contribution in [0, 0.1) is 0 Å². The van der Waals surface area contributed by atoms with Crippen LogP contribution in [-0.4, -0.2) is 59.7 Å². The first-order valence-corrected chi connectivity index (χ1v) is 9.19. The average Bonchev–Trinajstić information content (AvgIpc) is 3.14. The SMILES string of the molecule is CC(CNC(=O)N1CCC(c2cccc(O)c2)CC1)N1CCCC1. The molecule has 0 saturated carbocycles. The molecule has 1 aromatic carbocycles. The standard InChI is InChI=1S/C19H29N3O2/c1-15(21-9-2-3-10-21)14-20-19(24)22-11-7-16(8-12-22)17-5-4-6-18(23)13-17/h4-6,13,15-16,23H,2-3,7-12,14H2,1H3,(H,20,24). The topological polar surface area (TPSA) is 55.8 Å². The highest BCUT2D eigenvalue weighted by atomic mass is 16.3. The summed E-state index contributed by atoms with van der Waals surface area (Å²) < 4.78 is 0. The summed E-state index contributed by atoms with van der Waals surface area (Å²) in [6.07, 6.45) is 4.47. The van der Waals surface area contributed by atoms with Gasteiger partial charge in [-0.05, 0) is 69.3 Å². The van der Waals surface area contributed by atoms with Crippen molar-refractivity contribution >= 4 is 6.03 Å². The molecule has 24 heavy (non-hydrogen) atoms. The van der Waals surface area contributed by atoms with Gasteiger partial charge in [0, 0.05) is 25.7 Å². The van der Waals surface area contributed by atoms with Crippen molar-refractivity contribution in [2.75, 3.05) is 32.7 Å². The van der Waals surface area contributed by atoms with Gasteiger partial charge in [0.1, 0.15) is 5.75 Å². The van der Waals surface area contributed by atoms with Crippen molar-refractivity contribution in [1.82, 2.24) is 15.1 Å². The Labute approximate surface area is 144 Å². The van der Waals surface area contributed by atoms with E-state index in [1.54, 1.807) is 6.07 Å². The zero-order chi connectivity index (χ0) is 16.9. The smallest absolute Gasteiger partial charge is 0.317 e. The van der Waals surface area contributed by atoms with Crippen molar-refractivity contribution in [3.8, 4) is 5.75 Å². The van der Waals surface area contributed by atoms with E-state index in [-0.39, 0.29) is 6.03 Å². The second-order valence-electron chi connectivity index (χ2n) is 7.13. The van der Waals surface area contributed by atoms with Gasteiger partial charge >= 0.3 is 6.03 Å². The first-order chi connectivity index (χ1) is 11.6. The van der Waals surface area contributed by atoms with Crippen LogP contribution in [-0.2, 0) is 0 Å². The van der Waals surface area contributed by atoms with E-state index in [1.165, 1.54) is 18.4 Å². The molecule has 2 fully saturated rings. The highest BCUT2D eigenvalue weighted by molar-refractivity contribution is 5.74. The lowest BCUT2D eigenvalue weighted by molar-refractivity contribution is 0.175. The molecule has 3 rings (SSSR count). The van der Waals surface area contributed by atoms with Gasteiger partial charge in [0.15, 0.2) is 0 Å². The van der Waals surface area contributed by atoms with Crippen LogP contribution in [0.25, 0.3) is 0 Å². The number of likely N-dealkylation sites (tertiary alicyclic amines) is 2. The van der Waals surface area contributed by atoms with Gasteiger partial charge in [-0.25, -0.2) is 4.79 Å². The highest BCUT2D eigenvalue weighted by Gasteiger charge is 2.25. The Morgan fingerprint density at radius 1 is 1.25 bits per heavy atom. The van der Waals surface area contributed by atoms with Crippen LogP contribution in [0.15, 0.2) is 24.3 Å². The Balaban J connectivity index is 1.43. The van der Waals surface area contributed by atoms with Crippen LogP contribution in [0.3, 0.4) is 0 Å². The monoisotopic (exact) mass is 331 g/mol. The number of rotatable bonds is 4. The molecular weight excluding hydrogens is 302 g/mol. The Bertz CT molecular complexity index is 549. The summed E-state index contributed by atoms with van der Waals surface area (Å²) in [6, 6.07) is 7.99. The van der Waals surface area contributed by atoms with Crippen LogP contribution in [0.4, 0.5) is 4.79 Å². The molecule has 0 bridgehead atoms. The first-order valence-electron chi connectivity index (χ1n) is 9.19. The van der Waals surface area contributed by atoms with Crippen LogP contribution in [0.5, 0.6) is 5.75 Å². The average molecular weight is 331 g/mol. The summed E-state index contributed by atoms with van der Waals surface area (Å²) in [7, 11) is 0. The van der Waals surface area contributed by atoms with Crippen molar-refractivity contribution in [1.29, 1.82) is 0 Å². The molecule has 2 amide bonds. The third-order valence-electron chi connectivity index (χ3n) is 5.44. The highest BCUT2D eigenvalue weighted by Crippen LogP contribution is 2.29. The summed E-state index contributed by atoms with van der Waals surface area (Å²) in [5, 5.41) is 12.7. The third kappa shape index (κ3) is 4.20. The summed E-state index contributed by atoms with van der Waals surface area (Å²) in [5.74, 6) is 0.758. The molecule has 0 aromatic heterocycles. The number of carbonyl (C=O) groups is 1. The molecule has 0 radical (unpaired) electrons. The van der Waals surface area contributed by atoms with E-state index in [4.69, 9.17) is 0 Å². The molecule has 2 saturated heterocycles. The number of nitrogens with zero attached hydrogens (tertiary/aromatic N) is 2. The van der Waals surface area contributed by atoms with E-state index in [9.17, 15) is 9.90 Å². The molecule has 2 N–H and O–H groups in total. The van der Waals surface area contributed by atoms with E-state index in [2.05, 4.69) is 23.2 Å². The van der Waals surface area contributed by atoms with E-state index in [0.29, 0.717) is 17.7 Å². The predicted molar refractivity (Wildman–Crippen MR) is 95.3 cm³/mol. The maximum atomic E-state index is 12.4. The normalized spacial score (nSPS) is 21.0. The largest absolute Gasteiger partial charge is 0.508 e. The molecule has 0 spiro atoms. The van der Waals surface area contributed by atoms with Crippen LogP contribution in [0.1, 0.15) is 44.1 Å². The minimum absolute atomic E-state index is 0.0652. The van der Waals surface area contributed by atoms with Crippen molar-refractivity contribution in [3.05, 3.63) is 29.8 Å². The lowest BCUT2D eigenvalue weighted by Gasteiger charge is -2.33. The zero-order valence-electron chi connectivity index (χ0n) is 14.6. The number of phenols is 1. The quantitative estimate of drug-likeness (QED) is 0.892. The molecule has 1 unspecified atom stereocenters. The Kier molecular flexibility index (Phi) is 5.61. The maximum Gasteiger partial charge on any atom is 0.317 e. The number of urea groups is 1. The number of amides is 2. The Morgan fingerprint density at radius 2 is 1.96 bits per heavy atom. The van der Waals surface area contributed by atoms with Crippen molar-refractivity contribution in [2.45, 2.75) is 44.6 Å². The van der Waals surface area contributed by atoms with E-state index in [1.807, 2.05) is 17.0 Å². The number of piperidine rings is 1. The molecule has 5 heteroatoms. The van der Waals surface area contributed by atoms with Gasteiger partial charge in [-0.2, -0.15) is 0 Å². The van der Waals surface area contributed by atoms with Crippen molar-refractivity contribution in [2.24, 2.45) is 0 Å². The second-order valence-corrected chi connectivity index (χ2v) is 7.13. The number of benzene rings is 1. The molecule has 1 atom stereocenters. The molecule has 2 heterocycles. The maximum absolute atomic E-state index is 12.4. The van der Waals surface area contributed by atoms with Crippen LogP contribution >= 0.6 is 0 Å². The summed E-state index contributed by atoms with van der Waals surface area (Å²) in [4.78, 5) is 16.8. The van der Waals surface area contributed by atoms with Crippen molar-refractivity contribution < 1.29 is 9.90 Å². The van der Waals surface area contributed by atoms with E-state index >= 15 is 0 Å². The van der Waals surface area contributed by atoms with Crippen molar-refractivity contribution in [3.63, 3.8) is 0 Å². The molecule has 2 aliphatic rings. The number of phenolic OH excluding ortho intramolecular Hbond substituents is 1. The minimum Gasteiger partial charge on any atom is -0.508 e. The number of hydrogen-bond donors (Lipinski definition) is 2. The summed E-state index contributed by atoms with van der Waals surface area (Å²) in [5.41, 5.74) is 1.18. The van der Waals surface area contributed by atoms with E-state index in [0.717, 1.165) is 45.6 Å². The van der Waals surface area contributed by atoms with E-state index < -0.39 is 0 Å². The lowest BCUT2D eigenvalue weighted by atomic mass is 9.89. The number of carbonyl (C=O) groups excluding carboxylic acids is 1. The van der Waals surface area contributed by atoms with Gasteiger partial charge < -0.3 is 15.3 Å². The fraction of sp³-hybridized carbons (Fsp3) is 0.632. The van der Waals surface area contributed by atoms with Gasteiger partial charge in [0.25, 0.3) is 0 Å². The third-order valence-corrected chi connectivity index (χ3v) is 5.44. The number of hydrogen-bond acceptors (Lipinski definition) is 3. The van der Waals surface area contributed by atoms with Gasteiger partial charge in [-0.1, -0.05) is 12.1 Å². The lowest BCUT2D eigenvalue weighted by Crippen LogP contribution is -2.48. The van der Waals surface area contributed by atoms with Crippen LogP contribution < -0.4 is 5.32 Å². The predicted octanol–water partition coefficient (Wildman–Crippen LogP) is 2.77. The first kappa shape index (κ1) is 17.1. The summed E-state index contributed by atoms with van der Waals surface area (Å²) >= 11 is 0. The minimum atomic E-state index is 0.0652.